The normalized spacial score (nSPS) is 17.8. The summed E-state index contributed by atoms with van der Waals surface area (Å²) in [5.41, 5.74) is 10.2. The van der Waals surface area contributed by atoms with Crippen molar-refractivity contribution in [2.24, 2.45) is 0 Å². The third-order valence-corrected chi connectivity index (χ3v) is 7.84. The zero-order valence-corrected chi connectivity index (χ0v) is 23.4. The number of fused-ring (bicyclic) bond motifs is 1. The average Bonchev–Trinajstić information content (AvgIpc) is 3.28. The van der Waals surface area contributed by atoms with E-state index >= 15 is 0 Å². The molecular weight excluding hydrogens is 478 g/mol. The molecule has 2 aliphatic rings. The highest BCUT2D eigenvalue weighted by atomic mass is 16.5. The predicted octanol–water partition coefficient (Wildman–Crippen LogP) is 3.97. The Morgan fingerprint density at radius 2 is 1.97 bits per heavy atom. The number of benzene rings is 1. The molecule has 0 aliphatic carbocycles. The smallest absolute Gasteiger partial charge is 0.222 e. The molecule has 2 saturated heterocycles. The molecule has 9 heteroatoms. The first-order valence-electron chi connectivity index (χ1n) is 14.0. The largest absolute Gasteiger partial charge is 0.496 e. The SMILES string of the molecule is CCCCCNc1nc(N)nc2ccn(Cc3ccc(CN4CCOC5(C4)CN(C(C)C)C5)cc3OC)c12. The van der Waals surface area contributed by atoms with Crippen molar-refractivity contribution in [2.75, 3.05) is 57.5 Å². The number of nitrogens with one attached hydrogen (secondary N) is 1. The average molecular weight is 522 g/mol. The molecule has 2 aliphatic heterocycles. The molecule has 0 amide bonds. The van der Waals surface area contributed by atoms with Crippen molar-refractivity contribution >= 4 is 22.8 Å². The molecule has 2 aromatic heterocycles. The molecule has 3 N–H and O–H groups in total. The molecule has 1 aromatic carbocycles. The summed E-state index contributed by atoms with van der Waals surface area (Å²) in [5, 5.41) is 3.48. The van der Waals surface area contributed by atoms with Crippen LogP contribution < -0.4 is 15.8 Å². The van der Waals surface area contributed by atoms with Crippen LogP contribution in [0.4, 0.5) is 11.8 Å². The summed E-state index contributed by atoms with van der Waals surface area (Å²) in [5.74, 6) is 1.98. The van der Waals surface area contributed by atoms with E-state index < -0.39 is 0 Å². The van der Waals surface area contributed by atoms with Crippen molar-refractivity contribution in [1.82, 2.24) is 24.3 Å². The number of nitrogen functional groups attached to an aromatic ring is 1. The van der Waals surface area contributed by atoms with Gasteiger partial charge in [0, 0.05) is 57.1 Å². The molecule has 0 saturated carbocycles. The molecule has 5 rings (SSSR count). The fourth-order valence-corrected chi connectivity index (χ4v) is 5.73. The number of likely N-dealkylation sites (tertiary alicyclic amines) is 1. The molecule has 38 heavy (non-hydrogen) atoms. The van der Waals surface area contributed by atoms with Crippen molar-refractivity contribution in [3.63, 3.8) is 0 Å². The summed E-state index contributed by atoms with van der Waals surface area (Å²) < 4.78 is 14.3. The van der Waals surface area contributed by atoms with E-state index in [0.29, 0.717) is 18.5 Å². The Kier molecular flexibility index (Phi) is 8.07. The van der Waals surface area contributed by atoms with Crippen LogP contribution in [0.3, 0.4) is 0 Å². The highest BCUT2D eigenvalue weighted by Crippen LogP contribution is 2.32. The number of hydrogen-bond donors (Lipinski definition) is 2. The van der Waals surface area contributed by atoms with Crippen LogP contribution in [0.1, 0.15) is 51.2 Å². The van der Waals surface area contributed by atoms with E-state index in [9.17, 15) is 0 Å². The second kappa shape index (κ2) is 11.5. The molecule has 0 unspecified atom stereocenters. The number of unbranched alkanes of at least 4 members (excludes halogenated alkanes) is 2. The van der Waals surface area contributed by atoms with E-state index in [1.165, 1.54) is 18.4 Å². The number of aromatic nitrogens is 3. The highest BCUT2D eigenvalue weighted by molar-refractivity contribution is 5.87. The molecule has 0 atom stereocenters. The zero-order valence-electron chi connectivity index (χ0n) is 23.4. The maximum Gasteiger partial charge on any atom is 0.222 e. The van der Waals surface area contributed by atoms with Crippen LogP contribution in [0.25, 0.3) is 11.0 Å². The Labute approximate surface area is 226 Å². The maximum atomic E-state index is 6.23. The molecule has 3 aromatic rings. The molecule has 0 radical (unpaired) electrons. The number of nitrogens with two attached hydrogens (primary N) is 1. The van der Waals surface area contributed by atoms with E-state index in [2.05, 4.69) is 74.8 Å². The first-order chi connectivity index (χ1) is 18.4. The number of anilines is 2. The van der Waals surface area contributed by atoms with Gasteiger partial charge in [0.15, 0.2) is 5.82 Å². The Hall–Kier alpha value is -2.88. The second-order valence-corrected chi connectivity index (χ2v) is 11.1. The van der Waals surface area contributed by atoms with Crippen LogP contribution in [0.5, 0.6) is 5.75 Å². The van der Waals surface area contributed by atoms with Crippen LogP contribution in [0.2, 0.25) is 0 Å². The van der Waals surface area contributed by atoms with Gasteiger partial charge in [-0.15, -0.1) is 0 Å². The van der Waals surface area contributed by atoms with Gasteiger partial charge in [0.25, 0.3) is 0 Å². The monoisotopic (exact) mass is 521 g/mol. The first-order valence-corrected chi connectivity index (χ1v) is 14.0. The van der Waals surface area contributed by atoms with Crippen LogP contribution >= 0.6 is 0 Å². The first kappa shape index (κ1) is 26.7. The summed E-state index contributed by atoms with van der Waals surface area (Å²) in [7, 11) is 1.75. The third-order valence-electron chi connectivity index (χ3n) is 7.84. The van der Waals surface area contributed by atoms with Gasteiger partial charge in [-0.25, -0.2) is 4.98 Å². The van der Waals surface area contributed by atoms with Gasteiger partial charge in [0.2, 0.25) is 5.95 Å². The van der Waals surface area contributed by atoms with Gasteiger partial charge >= 0.3 is 0 Å². The van der Waals surface area contributed by atoms with E-state index in [1.807, 2.05) is 6.07 Å². The maximum absolute atomic E-state index is 6.23. The summed E-state index contributed by atoms with van der Waals surface area (Å²) >= 11 is 0. The van der Waals surface area contributed by atoms with Crippen molar-refractivity contribution in [1.29, 1.82) is 0 Å². The minimum atomic E-state index is -0.00419. The van der Waals surface area contributed by atoms with Crippen LogP contribution in [-0.2, 0) is 17.8 Å². The van der Waals surface area contributed by atoms with Gasteiger partial charge in [-0.05, 0) is 38.0 Å². The Morgan fingerprint density at radius 1 is 1.13 bits per heavy atom. The number of hydrogen-bond acceptors (Lipinski definition) is 8. The lowest BCUT2D eigenvalue weighted by atomic mass is 9.90. The van der Waals surface area contributed by atoms with Gasteiger partial charge < -0.3 is 25.1 Å². The van der Waals surface area contributed by atoms with Crippen molar-refractivity contribution in [3.8, 4) is 5.75 Å². The topological polar surface area (TPSA) is 93.7 Å². The van der Waals surface area contributed by atoms with Crippen molar-refractivity contribution in [2.45, 2.75) is 64.8 Å². The molecule has 0 bridgehead atoms. The van der Waals surface area contributed by atoms with Gasteiger partial charge in [0.1, 0.15) is 16.9 Å². The lowest BCUT2D eigenvalue weighted by molar-refractivity contribution is -0.191. The lowest BCUT2D eigenvalue weighted by Gasteiger charge is -2.55. The van der Waals surface area contributed by atoms with Crippen LogP contribution in [-0.4, -0.2) is 82.4 Å². The standard InChI is InChI=1S/C29H43N7O2/c1-5-6-7-11-31-27-26-24(32-28(30)33-27)10-12-35(26)17-23-9-8-22(15-25(23)37-4)16-34-13-14-38-29(18-34)19-36(20-29)21(2)3/h8-10,12,15,21H,5-7,11,13-14,16-20H2,1-4H3,(H3,30,31,32,33). The second-order valence-electron chi connectivity index (χ2n) is 11.1. The van der Waals surface area contributed by atoms with E-state index in [1.54, 1.807) is 7.11 Å². The number of ether oxygens (including phenoxy) is 2. The summed E-state index contributed by atoms with van der Waals surface area (Å²) in [6.07, 6.45) is 5.51. The predicted molar refractivity (Wildman–Crippen MR) is 153 cm³/mol. The Morgan fingerprint density at radius 3 is 2.74 bits per heavy atom. The molecule has 9 nitrogen and oxygen atoms in total. The Bertz CT molecular complexity index is 1240. The lowest BCUT2D eigenvalue weighted by Crippen LogP contribution is -2.71. The molecular formula is C29H43N7O2. The quantitative estimate of drug-likeness (QED) is 0.366. The number of morpholine rings is 1. The fourth-order valence-electron chi connectivity index (χ4n) is 5.73. The van der Waals surface area contributed by atoms with Crippen LogP contribution in [0, 0.1) is 0 Å². The van der Waals surface area contributed by atoms with Crippen molar-refractivity contribution < 1.29 is 9.47 Å². The molecule has 2 fully saturated rings. The van der Waals surface area contributed by atoms with Gasteiger partial charge in [-0.1, -0.05) is 31.9 Å². The number of nitrogens with zero attached hydrogens (tertiary/aromatic N) is 5. The van der Waals surface area contributed by atoms with E-state index in [0.717, 1.165) is 80.5 Å². The van der Waals surface area contributed by atoms with Gasteiger partial charge in [-0.3, -0.25) is 9.80 Å². The van der Waals surface area contributed by atoms with Crippen LogP contribution in [0.15, 0.2) is 30.5 Å². The van der Waals surface area contributed by atoms with Gasteiger partial charge in [0.05, 0.1) is 25.8 Å². The number of rotatable bonds is 11. The third kappa shape index (κ3) is 5.75. The Balaban J connectivity index is 1.29. The van der Waals surface area contributed by atoms with E-state index in [4.69, 9.17) is 15.2 Å². The highest BCUT2D eigenvalue weighted by Gasteiger charge is 2.47. The van der Waals surface area contributed by atoms with Gasteiger partial charge in [-0.2, -0.15) is 4.98 Å². The summed E-state index contributed by atoms with van der Waals surface area (Å²) in [6.45, 7) is 13.9. The fraction of sp³-hybridized carbons (Fsp3) is 0.586. The summed E-state index contributed by atoms with van der Waals surface area (Å²) in [4.78, 5) is 14.0. The molecule has 4 heterocycles. The van der Waals surface area contributed by atoms with E-state index in [-0.39, 0.29) is 5.60 Å². The summed E-state index contributed by atoms with van der Waals surface area (Å²) in [6, 6.07) is 9.17. The minimum absolute atomic E-state index is 0.00419. The van der Waals surface area contributed by atoms with Crippen molar-refractivity contribution in [3.05, 3.63) is 41.6 Å². The molecule has 206 valence electrons. The molecule has 1 spiro atoms. The minimum Gasteiger partial charge on any atom is -0.496 e. The number of methoxy groups -OCH3 is 1. The zero-order chi connectivity index (χ0) is 26.7.